The standard InChI is InChI=1S/C32H39N9O2/c1-22-7-9-26(36-32(42)16-24-5-3-4-6-24)17-27(22)37-31-15-23(2)39-41(31)30-18-29(34-21-35-30)38-28-10-8-25(19-33-28)20-40-11-13-43-14-12-40/h7-10,15,17-19,21,24,37H,3-6,11-14,16,20H2,1-2H3,(H,36,42)(H,33,34,35,38). The molecular formula is C32H39N9O2. The molecule has 0 unspecified atom stereocenters. The predicted octanol–water partition coefficient (Wildman–Crippen LogP) is 5.51. The number of nitrogens with one attached hydrogen (secondary N) is 3. The predicted molar refractivity (Wildman–Crippen MR) is 167 cm³/mol. The van der Waals surface area contributed by atoms with E-state index in [2.05, 4.69) is 47.0 Å². The van der Waals surface area contributed by atoms with Gasteiger partial charge in [-0.15, -0.1) is 0 Å². The molecule has 4 heterocycles. The van der Waals surface area contributed by atoms with Crippen LogP contribution in [0.3, 0.4) is 0 Å². The Morgan fingerprint density at radius 2 is 1.79 bits per heavy atom. The minimum Gasteiger partial charge on any atom is -0.379 e. The fourth-order valence-corrected chi connectivity index (χ4v) is 5.70. The first kappa shape index (κ1) is 28.8. The van der Waals surface area contributed by atoms with Crippen LogP contribution in [0.5, 0.6) is 0 Å². The quantitative estimate of drug-likeness (QED) is 0.222. The van der Waals surface area contributed by atoms with Gasteiger partial charge in [-0.25, -0.2) is 15.0 Å². The number of ether oxygens (including phenoxy) is 1. The summed E-state index contributed by atoms with van der Waals surface area (Å²) < 4.78 is 7.20. The SMILES string of the molecule is Cc1cc(Nc2cc(NC(=O)CC3CCCC3)ccc2C)n(-c2cc(Nc3ccc(CN4CCOCC4)cn3)ncn2)n1. The minimum atomic E-state index is 0.0739. The molecule has 4 aromatic rings. The van der Waals surface area contributed by atoms with Crippen molar-refractivity contribution in [2.75, 3.05) is 42.3 Å². The molecule has 1 saturated heterocycles. The van der Waals surface area contributed by atoms with Gasteiger partial charge < -0.3 is 20.7 Å². The van der Waals surface area contributed by atoms with Crippen molar-refractivity contribution < 1.29 is 9.53 Å². The van der Waals surface area contributed by atoms with Crippen LogP contribution in [0, 0.1) is 19.8 Å². The summed E-state index contributed by atoms with van der Waals surface area (Å²) in [5.74, 6) is 3.25. The molecule has 2 aliphatic rings. The van der Waals surface area contributed by atoms with Crippen LogP contribution in [-0.4, -0.2) is 61.8 Å². The molecule has 1 aliphatic heterocycles. The molecule has 2 fully saturated rings. The van der Waals surface area contributed by atoms with E-state index in [0.717, 1.165) is 79.7 Å². The molecule has 43 heavy (non-hydrogen) atoms. The lowest BCUT2D eigenvalue weighted by atomic mass is 10.0. The van der Waals surface area contributed by atoms with E-state index >= 15 is 0 Å². The van der Waals surface area contributed by atoms with E-state index in [1.54, 1.807) is 4.68 Å². The summed E-state index contributed by atoms with van der Waals surface area (Å²) >= 11 is 0. The van der Waals surface area contributed by atoms with Gasteiger partial charge in [0.15, 0.2) is 5.82 Å². The highest BCUT2D eigenvalue weighted by Crippen LogP contribution is 2.29. The summed E-state index contributed by atoms with van der Waals surface area (Å²) in [6, 6.07) is 13.8. The largest absolute Gasteiger partial charge is 0.379 e. The van der Waals surface area contributed by atoms with Crippen molar-refractivity contribution in [1.82, 2.24) is 29.6 Å². The maximum Gasteiger partial charge on any atom is 0.224 e. The van der Waals surface area contributed by atoms with Gasteiger partial charge in [0.1, 0.15) is 23.8 Å². The molecule has 0 atom stereocenters. The lowest BCUT2D eigenvalue weighted by Crippen LogP contribution is -2.35. The van der Waals surface area contributed by atoms with Gasteiger partial charge in [0.2, 0.25) is 5.91 Å². The summed E-state index contributed by atoms with van der Waals surface area (Å²) in [5, 5.41) is 14.6. The number of anilines is 5. The van der Waals surface area contributed by atoms with Crippen molar-refractivity contribution in [3.63, 3.8) is 0 Å². The van der Waals surface area contributed by atoms with Gasteiger partial charge in [0.25, 0.3) is 0 Å². The maximum absolute atomic E-state index is 12.6. The van der Waals surface area contributed by atoms with E-state index in [0.29, 0.717) is 29.8 Å². The van der Waals surface area contributed by atoms with Crippen LogP contribution < -0.4 is 16.0 Å². The maximum atomic E-state index is 12.6. The molecule has 0 bridgehead atoms. The monoisotopic (exact) mass is 581 g/mol. The number of carbonyl (C=O) groups excluding carboxylic acids is 1. The first-order valence-electron chi connectivity index (χ1n) is 15.1. The number of morpholine rings is 1. The Hall–Kier alpha value is -4.35. The van der Waals surface area contributed by atoms with E-state index < -0.39 is 0 Å². The van der Waals surface area contributed by atoms with Crippen LogP contribution in [0.2, 0.25) is 0 Å². The molecule has 11 nitrogen and oxygen atoms in total. The van der Waals surface area contributed by atoms with Gasteiger partial charge >= 0.3 is 0 Å². The minimum absolute atomic E-state index is 0.0739. The van der Waals surface area contributed by atoms with Crippen molar-refractivity contribution in [3.05, 3.63) is 71.8 Å². The smallest absolute Gasteiger partial charge is 0.224 e. The number of hydrogen-bond donors (Lipinski definition) is 3. The molecule has 1 aromatic carbocycles. The topological polar surface area (TPSA) is 122 Å². The zero-order chi connectivity index (χ0) is 29.6. The van der Waals surface area contributed by atoms with Crippen molar-refractivity contribution in [3.8, 4) is 5.82 Å². The van der Waals surface area contributed by atoms with Crippen LogP contribution in [0.15, 0.2) is 55.0 Å². The van der Waals surface area contributed by atoms with Gasteiger partial charge in [-0.05, 0) is 61.9 Å². The number of rotatable bonds is 10. The molecular weight excluding hydrogens is 542 g/mol. The molecule has 1 amide bonds. The zero-order valence-corrected chi connectivity index (χ0v) is 24.8. The Labute approximate surface area is 252 Å². The number of hydrogen-bond acceptors (Lipinski definition) is 9. The average molecular weight is 582 g/mol. The van der Waals surface area contributed by atoms with Crippen LogP contribution in [0.1, 0.15) is 48.9 Å². The summed E-state index contributed by atoms with van der Waals surface area (Å²) in [7, 11) is 0. The second kappa shape index (κ2) is 13.3. The fourth-order valence-electron chi connectivity index (χ4n) is 5.70. The molecule has 3 aromatic heterocycles. The van der Waals surface area contributed by atoms with Gasteiger partial charge in [0, 0.05) is 55.8 Å². The highest BCUT2D eigenvalue weighted by Gasteiger charge is 2.19. The van der Waals surface area contributed by atoms with Crippen LogP contribution in [-0.2, 0) is 16.1 Å². The molecule has 6 rings (SSSR count). The van der Waals surface area contributed by atoms with E-state index in [4.69, 9.17) is 4.74 Å². The summed E-state index contributed by atoms with van der Waals surface area (Å²) in [5.41, 5.74) is 4.70. The van der Waals surface area contributed by atoms with Gasteiger partial charge in [-0.1, -0.05) is 25.0 Å². The van der Waals surface area contributed by atoms with E-state index in [9.17, 15) is 4.79 Å². The molecule has 1 saturated carbocycles. The second-order valence-electron chi connectivity index (χ2n) is 11.5. The number of pyridine rings is 1. The van der Waals surface area contributed by atoms with Crippen LogP contribution in [0.25, 0.3) is 5.82 Å². The molecule has 1 aliphatic carbocycles. The van der Waals surface area contributed by atoms with E-state index in [-0.39, 0.29) is 5.91 Å². The molecule has 3 N–H and O–H groups in total. The van der Waals surface area contributed by atoms with Gasteiger partial charge in [-0.3, -0.25) is 9.69 Å². The molecule has 0 radical (unpaired) electrons. The Morgan fingerprint density at radius 3 is 2.58 bits per heavy atom. The number of aryl methyl sites for hydroxylation is 2. The first-order valence-corrected chi connectivity index (χ1v) is 15.1. The number of amides is 1. The molecule has 11 heteroatoms. The summed E-state index contributed by atoms with van der Waals surface area (Å²) in [4.78, 5) is 28.5. The molecule has 224 valence electrons. The van der Waals surface area contributed by atoms with Gasteiger partial charge in [-0.2, -0.15) is 9.78 Å². The number of carbonyl (C=O) groups is 1. The van der Waals surface area contributed by atoms with Crippen molar-refractivity contribution >= 4 is 34.7 Å². The Balaban J connectivity index is 1.14. The van der Waals surface area contributed by atoms with E-state index in [1.165, 1.54) is 19.2 Å². The summed E-state index contributed by atoms with van der Waals surface area (Å²) in [6.45, 7) is 8.27. The normalized spacial score (nSPS) is 15.9. The highest BCUT2D eigenvalue weighted by atomic mass is 16.5. The fraction of sp³-hybridized carbons (Fsp3) is 0.406. The number of benzene rings is 1. The number of nitrogens with zero attached hydrogens (tertiary/aromatic N) is 6. The van der Waals surface area contributed by atoms with Gasteiger partial charge in [0.05, 0.1) is 18.9 Å². The lowest BCUT2D eigenvalue weighted by Gasteiger charge is -2.26. The zero-order valence-electron chi connectivity index (χ0n) is 24.8. The van der Waals surface area contributed by atoms with Crippen molar-refractivity contribution in [2.24, 2.45) is 5.92 Å². The Kier molecular flexibility index (Phi) is 8.90. The lowest BCUT2D eigenvalue weighted by molar-refractivity contribution is -0.117. The van der Waals surface area contributed by atoms with E-state index in [1.807, 2.05) is 56.4 Å². The average Bonchev–Trinajstić information content (AvgIpc) is 3.65. The Bertz CT molecular complexity index is 1540. The third-order valence-electron chi connectivity index (χ3n) is 8.02. The third-order valence-corrected chi connectivity index (χ3v) is 8.02. The Morgan fingerprint density at radius 1 is 0.953 bits per heavy atom. The van der Waals surface area contributed by atoms with Crippen LogP contribution in [0.4, 0.5) is 28.8 Å². The van der Waals surface area contributed by atoms with Crippen molar-refractivity contribution in [2.45, 2.75) is 52.5 Å². The van der Waals surface area contributed by atoms with Crippen LogP contribution >= 0.6 is 0 Å². The third kappa shape index (κ3) is 7.54. The second-order valence-corrected chi connectivity index (χ2v) is 11.5. The van der Waals surface area contributed by atoms with Crippen molar-refractivity contribution in [1.29, 1.82) is 0 Å². The molecule has 0 spiro atoms. The summed E-state index contributed by atoms with van der Waals surface area (Å²) in [6.07, 6.45) is 8.75. The highest BCUT2D eigenvalue weighted by molar-refractivity contribution is 5.91. The number of aromatic nitrogens is 5. The first-order chi connectivity index (χ1) is 21.0.